The van der Waals surface area contributed by atoms with E-state index >= 15 is 0 Å². The standard InChI is InChI=1S/CHF3O3S.NO2/c2-1(3,4)8(5,6)7;2-1-3/h(H,5,6,7);/q;+1/p-1. The van der Waals surface area contributed by atoms with E-state index in [1.807, 2.05) is 0 Å². The molecular weight excluding hydrogens is 195 g/mol. The minimum atomic E-state index is -6.09. The number of alkyl halides is 3. The fourth-order valence-electron chi connectivity index (χ4n) is 0. The summed E-state index contributed by atoms with van der Waals surface area (Å²) in [6.07, 6.45) is 0. The van der Waals surface area contributed by atoms with Crippen LogP contribution in [0.2, 0.25) is 0 Å². The van der Waals surface area contributed by atoms with Gasteiger partial charge >= 0.3 is 10.5 Å². The van der Waals surface area contributed by atoms with Crippen molar-refractivity contribution in [2.24, 2.45) is 0 Å². The highest BCUT2D eigenvalue weighted by Crippen LogP contribution is 2.20. The lowest BCUT2D eigenvalue weighted by Gasteiger charge is -2.08. The number of nitroso groups, excluding NO2 is 2. The third kappa shape index (κ3) is 6.90. The summed E-state index contributed by atoms with van der Waals surface area (Å²) in [7, 11) is -6.09. The van der Waals surface area contributed by atoms with Crippen LogP contribution in [-0.2, 0) is 10.1 Å². The molecule has 0 bridgehead atoms. The number of nitrogens with zero attached hydrogens (tertiary/aromatic N) is 1. The smallest absolute Gasteiger partial charge is 0.569 e. The minimum Gasteiger partial charge on any atom is -0.741 e. The molecule has 0 aromatic heterocycles. The maximum absolute atomic E-state index is 10.7. The molecule has 0 aromatic carbocycles. The lowest BCUT2D eigenvalue weighted by Crippen LogP contribution is -2.21. The summed E-state index contributed by atoms with van der Waals surface area (Å²) in [6, 6.07) is 0. The second-order valence-corrected chi connectivity index (χ2v) is 2.35. The fourth-order valence-corrected chi connectivity index (χ4v) is 0. The molecule has 6 nitrogen and oxygen atoms in total. The zero-order chi connectivity index (χ0) is 9.71. The number of hydrogen-bond donors (Lipinski definition) is 0. The van der Waals surface area contributed by atoms with Crippen LogP contribution in [0.15, 0.2) is 0 Å². The molecule has 0 atom stereocenters. The quantitative estimate of drug-likeness (QED) is 0.298. The van der Waals surface area contributed by atoms with Gasteiger partial charge in [-0.15, -0.1) is 0 Å². The number of hydrogen-bond acceptors (Lipinski definition) is 5. The Bertz CT molecular complexity index is 233. The van der Waals surface area contributed by atoms with Gasteiger partial charge in [0.25, 0.3) is 0 Å². The molecule has 66 valence electrons. The third-order valence-electron chi connectivity index (χ3n) is 0.283. The SMILES string of the molecule is O=S(=O)([O-])C(F)(F)F.O=[N+]=O. The van der Waals surface area contributed by atoms with E-state index < -0.39 is 15.6 Å². The molecular formula is CF3NO5S. The summed E-state index contributed by atoms with van der Waals surface area (Å²) in [5.41, 5.74) is -5.65. The van der Waals surface area contributed by atoms with Gasteiger partial charge in [-0.1, -0.05) is 0 Å². The molecule has 0 aliphatic heterocycles. The van der Waals surface area contributed by atoms with Crippen molar-refractivity contribution < 1.29 is 26.1 Å². The first-order chi connectivity index (χ1) is 4.66. The molecule has 10 heteroatoms. The molecule has 0 N–H and O–H groups in total. The minimum absolute atomic E-state index is 1.00. The molecule has 0 saturated carbocycles. The fraction of sp³-hybridized carbons (Fsp3) is 1.00. The summed E-state index contributed by atoms with van der Waals surface area (Å²) < 4.78 is 58.9. The van der Waals surface area contributed by atoms with Crippen molar-refractivity contribution in [2.75, 3.05) is 0 Å². The van der Waals surface area contributed by atoms with Crippen molar-refractivity contribution >= 4 is 10.1 Å². The Balaban J connectivity index is 0. The second kappa shape index (κ2) is 4.01. The highest BCUT2D eigenvalue weighted by molar-refractivity contribution is 7.86. The first-order valence-corrected chi connectivity index (χ1v) is 3.04. The van der Waals surface area contributed by atoms with Gasteiger partial charge in [0.1, 0.15) is 0 Å². The van der Waals surface area contributed by atoms with E-state index in [1.54, 1.807) is 0 Å². The second-order valence-electron chi connectivity index (χ2n) is 0.974. The van der Waals surface area contributed by atoms with E-state index in [1.165, 1.54) is 0 Å². The Morgan fingerprint density at radius 1 is 1.18 bits per heavy atom. The summed E-state index contributed by atoms with van der Waals surface area (Å²) >= 11 is 0. The first-order valence-electron chi connectivity index (χ1n) is 1.64. The van der Waals surface area contributed by atoms with Gasteiger partial charge in [0.2, 0.25) is 9.81 Å². The highest BCUT2D eigenvalue weighted by Gasteiger charge is 2.36. The van der Waals surface area contributed by atoms with Gasteiger partial charge in [-0.05, 0) is 0 Å². The number of halogens is 3. The van der Waals surface area contributed by atoms with Crippen molar-refractivity contribution in [3.05, 3.63) is 9.81 Å². The van der Waals surface area contributed by atoms with Crippen molar-refractivity contribution in [2.45, 2.75) is 5.51 Å². The van der Waals surface area contributed by atoms with Gasteiger partial charge in [0.15, 0.2) is 10.1 Å². The van der Waals surface area contributed by atoms with Gasteiger partial charge < -0.3 is 4.55 Å². The Morgan fingerprint density at radius 2 is 1.27 bits per heavy atom. The zero-order valence-electron chi connectivity index (χ0n) is 4.53. The maximum Gasteiger partial charge on any atom is 0.569 e. The molecule has 0 saturated heterocycles. The van der Waals surface area contributed by atoms with Crippen LogP contribution in [0.3, 0.4) is 0 Å². The summed E-state index contributed by atoms with van der Waals surface area (Å²) in [5.74, 6) is 0. The zero-order valence-corrected chi connectivity index (χ0v) is 5.35. The van der Waals surface area contributed by atoms with E-state index in [4.69, 9.17) is 22.8 Å². The van der Waals surface area contributed by atoms with Gasteiger partial charge in [-0.2, -0.15) is 13.2 Å². The molecule has 0 aliphatic rings. The molecule has 0 radical (unpaired) electrons. The molecule has 0 amide bonds. The largest absolute Gasteiger partial charge is 0.741 e. The van der Waals surface area contributed by atoms with Crippen LogP contribution in [0.1, 0.15) is 0 Å². The summed E-state index contributed by atoms with van der Waals surface area (Å²) in [5, 5.41) is 1.00. The van der Waals surface area contributed by atoms with Gasteiger partial charge in [-0.3, -0.25) is 0 Å². The lowest BCUT2D eigenvalue weighted by molar-refractivity contribution is -0.0517. The Morgan fingerprint density at radius 3 is 1.27 bits per heavy atom. The molecule has 0 heterocycles. The van der Waals surface area contributed by atoms with Crippen molar-refractivity contribution in [3.63, 3.8) is 0 Å². The van der Waals surface area contributed by atoms with Crippen LogP contribution < -0.4 is 5.04 Å². The van der Waals surface area contributed by atoms with Crippen LogP contribution in [0.4, 0.5) is 13.2 Å². The van der Waals surface area contributed by atoms with Crippen molar-refractivity contribution in [1.29, 1.82) is 0 Å². The molecule has 0 aromatic rings. The molecule has 0 rings (SSSR count). The van der Waals surface area contributed by atoms with Crippen molar-refractivity contribution in [1.82, 2.24) is 5.04 Å². The van der Waals surface area contributed by atoms with Crippen molar-refractivity contribution in [3.8, 4) is 0 Å². The van der Waals surface area contributed by atoms with Crippen LogP contribution in [-0.4, -0.2) is 18.5 Å². The average Bonchev–Trinajstić information content (AvgIpc) is 1.60. The Kier molecular flexibility index (Phi) is 4.61. The van der Waals surface area contributed by atoms with Crippen LogP contribution in [0.25, 0.3) is 0 Å². The monoisotopic (exact) mass is 195 g/mol. The molecule has 0 spiro atoms. The summed E-state index contributed by atoms with van der Waals surface area (Å²) in [4.78, 5) is 16.0. The van der Waals surface area contributed by atoms with Gasteiger partial charge in [0, 0.05) is 0 Å². The van der Waals surface area contributed by atoms with Gasteiger partial charge in [-0.25, -0.2) is 8.42 Å². The van der Waals surface area contributed by atoms with E-state index in [-0.39, 0.29) is 0 Å². The predicted molar refractivity (Wildman–Crippen MR) is 24.6 cm³/mol. The topological polar surface area (TPSA) is 105 Å². The van der Waals surface area contributed by atoms with Gasteiger partial charge in [0.05, 0.1) is 0 Å². The molecule has 0 unspecified atom stereocenters. The predicted octanol–water partition coefficient (Wildman–Crippen LogP) is -0.362. The van der Waals surface area contributed by atoms with Crippen LogP contribution >= 0.6 is 0 Å². The average molecular weight is 195 g/mol. The Labute approximate surface area is 57.7 Å². The van der Waals surface area contributed by atoms with E-state index in [0.717, 1.165) is 5.04 Å². The van der Waals surface area contributed by atoms with E-state index in [0.29, 0.717) is 0 Å². The Hall–Kier alpha value is -0.990. The summed E-state index contributed by atoms with van der Waals surface area (Å²) in [6.45, 7) is 0. The molecule has 0 fully saturated rings. The normalized spacial score (nSPS) is 10.9. The lowest BCUT2D eigenvalue weighted by atomic mass is 11.6. The highest BCUT2D eigenvalue weighted by atomic mass is 32.2. The molecule has 11 heavy (non-hydrogen) atoms. The maximum atomic E-state index is 10.7. The molecule has 0 aliphatic carbocycles. The van der Waals surface area contributed by atoms with E-state index in [2.05, 4.69) is 0 Å². The number of rotatable bonds is 0. The van der Waals surface area contributed by atoms with E-state index in [9.17, 15) is 13.2 Å². The third-order valence-corrected chi connectivity index (χ3v) is 0.850. The first kappa shape index (κ1) is 12.7. The van der Waals surface area contributed by atoms with Crippen LogP contribution in [0.5, 0.6) is 0 Å². The van der Waals surface area contributed by atoms with Crippen LogP contribution in [0, 0.1) is 9.81 Å².